The van der Waals surface area contributed by atoms with Gasteiger partial charge in [-0.05, 0) is 53.8 Å². The quantitative estimate of drug-likeness (QED) is 0.585. The molecule has 2 heteroatoms. The number of fused-ring (bicyclic) bond motifs is 2. The zero-order chi connectivity index (χ0) is 17.6. The van der Waals surface area contributed by atoms with Crippen molar-refractivity contribution in [1.82, 2.24) is 0 Å². The summed E-state index contributed by atoms with van der Waals surface area (Å²) in [7, 11) is 0. The number of benzene rings is 3. The van der Waals surface area contributed by atoms with Crippen molar-refractivity contribution in [1.29, 1.82) is 0 Å². The first kappa shape index (κ1) is 15.9. The van der Waals surface area contributed by atoms with Crippen LogP contribution in [0.5, 0.6) is 5.75 Å². The minimum absolute atomic E-state index is 0.0325. The monoisotopic (exact) mass is 330 g/mol. The van der Waals surface area contributed by atoms with Gasteiger partial charge in [0.2, 0.25) is 0 Å². The largest absolute Gasteiger partial charge is 0.493 e. The van der Waals surface area contributed by atoms with Gasteiger partial charge in [0.1, 0.15) is 5.75 Å². The van der Waals surface area contributed by atoms with Crippen molar-refractivity contribution in [2.45, 2.75) is 32.6 Å². The van der Waals surface area contributed by atoms with Crippen LogP contribution < -0.4 is 4.74 Å². The van der Waals surface area contributed by atoms with Crippen LogP contribution >= 0.6 is 0 Å². The number of carbonyl (C=O) groups excluding carboxylic acids is 1. The molecule has 0 bridgehead atoms. The molecule has 126 valence electrons. The fourth-order valence-corrected chi connectivity index (χ4v) is 3.55. The molecule has 3 aromatic rings. The Kier molecular flexibility index (Phi) is 3.64. The molecule has 0 N–H and O–H groups in total. The summed E-state index contributed by atoms with van der Waals surface area (Å²) in [4.78, 5) is 13.0. The van der Waals surface area contributed by atoms with Crippen molar-refractivity contribution in [3.8, 4) is 5.75 Å². The van der Waals surface area contributed by atoms with Gasteiger partial charge in [-0.3, -0.25) is 4.79 Å². The number of hydrogen-bond donors (Lipinski definition) is 0. The first-order valence-electron chi connectivity index (χ1n) is 8.76. The second kappa shape index (κ2) is 5.73. The molecule has 2 nitrogen and oxygen atoms in total. The highest BCUT2D eigenvalue weighted by Gasteiger charge is 2.29. The van der Waals surface area contributed by atoms with Gasteiger partial charge in [0, 0.05) is 16.7 Å². The predicted molar refractivity (Wildman–Crippen MR) is 102 cm³/mol. The number of aryl methyl sites for hydroxylation is 1. The highest BCUT2D eigenvalue weighted by atomic mass is 16.5. The molecule has 0 fully saturated rings. The lowest BCUT2D eigenvalue weighted by atomic mass is 9.79. The molecule has 0 atom stereocenters. The lowest BCUT2D eigenvalue weighted by Gasteiger charge is -2.32. The Balaban J connectivity index is 1.75. The third kappa shape index (κ3) is 2.82. The van der Waals surface area contributed by atoms with Gasteiger partial charge in [-0.1, -0.05) is 49.7 Å². The van der Waals surface area contributed by atoms with Crippen LogP contribution in [0, 0.1) is 6.92 Å². The van der Waals surface area contributed by atoms with E-state index in [1.165, 1.54) is 5.56 Å². The highest BCUT2D eigenvalue weighted by molar-refractivity contribution is 6.10. The molecule has 0 aliphatic carbocycles. The molecule has 1 aliphatic heterocycles. The third-order valence-electron chi connectivity index (χ3n) is 5.21. The SMILES string of the molecule is Cc1ccc2cc(C(=O)c3ccc4c(c3)C(C)(C)CCO4)ccc2c1. The van der Waals surface area contributed by atoms with E-state index in [4.69, 9.17) is 4.74 Å². The van der Waals surface area contributed by atoms with Crippen LogP contribution in [-0.2, 0) is 5.41 Å². The Labute approximate surface area is 148 Å². The predicted octanol–water partition coefficient (Wildman–Crippen LogP) is 5.44. The van der Waals surface area contributed by atoms with Crippen LogP contribution in [0.25, 0.3) is 10.8 Å². The molecule has 1 aliphatic rings. The Hall–Kier alpha value is -2.61. The standard InChI is InChI=1S/C23H22O2/c1-15-4-5-17-13-18(7-6-16(17)12-15)22(24)19-8-9-21-20(14-19)23(2,3)10-11-25-21/h4-9,12-14H,10-11H2,1-3H3. The molecule has 0 saturated heterocycles. The molecular weight excluding hydrogens is 308 g/mol. The minimum atomic E-state index is 0.0325. The fourth-order valence-electron chi connectivity index (χ4n) is 3.55. The second-order valence-corrected chi connectivity index (χ2v) is 7.59. The average molecular weight is 330 g/mol. The van der Waals surface area contributed by atoms with Crippen LogP contribution in [0.15, 0.2) is 54.6 Å². The molecule has 3 aromatic carbocycles. The third-order valence-corrected chi connectivity index (χ3v) is 5.21. The summed E-state index contributed by atoms with van der Waals surface area (Å²) in [6.07, 6.45) is 0.965. The van der Waals surface area contributed by atoms with Gasteiger partial charge < -0.3 is 4.74 Å². The number of ether oxygens (including phenoxy) is 1. The van der Waals surface area contributed by atoms with Crippen molar-refractivity contribution in [3.63, 3.8) is 0 Å². The number of hydrogen-bond acceptors (Lipinski definition) is 2. The van der Waals surface area contributed by atoms with Gasteiger partial charge in [0.15, 0.2) is 5.78 Å². The number of rotatable bonds is 2. The molecular formula is C23H22O2. The van der Waals surface area contributed by atoms with E-state index in [1.807, 2.05) is 36.4 Å². The summed E-state index contributed by atoms with van der Waals surface area (Å²) in [6, 6.07) is 18.1. The van der Waals surface area contributed by atoms with Crippen molar-refractivity contribution in [2.75, 3.05) is 6.61 Å². The Morgan fingerprint density at radius 3 is 2.44 bits per heavy atom. The topological polar surface area (TPSA) is 26.3 Å². The van der Waals surface area contributed by atoms with Crippen LogP contribution in [-0.4, -0.2) is 12.4 Å². The van der Waals surface area contributed by atoms with E-state index >= 15 is 0 Å². The van der Waals surface area contributed by atoms with Crippen LogP contribution in [0.4, 0.5) is 0 Å². The molecule has 0 amide bonds. The van der Waals surface area contributed by atoms with Crippen molar-refractivity contribution in [3.05, 3.63) is 76.9 Å². The molecule has 0 saturated carbocycles. The maximum Gasteiger partial charge on any atom is 0.193 e. The van der Waals surface area contributed by atoms with Crippen LogP contribution in [0.1, 0.15) is 47.3 Å². The lowest BCUT2D eigenvalue weighted by Crippen LogP contribution is -2.27. The summed E-state index contributed by atoms with van der Waals surface area (Å²) in [6.45, 7) is 7.23. The van der Waals surface area contributed by atoms with Crippen molar-refractivity contribution in [2.24, 2.45) is 0 Å². The van der Waals surface area contributed by atoms with E-state index < -0.39 is 0 Å². The summed E-state index contributed by atoms with van der Waals surface area (Å²) in [5.41, 5.74) is 3.84. The average Bonchev–Trinajstić information content (AvgIpc) is 2.60. The van der Waals surface area contributed by atoms with Crippen molar-refractivity contribution < 1.29 is 9.53 Å². The zero-order valence-electron chi connectivity index (χ0n) is 14.9. The van der Waals surface area contributed by atoms with E-state index in [1.54, 1.807) is 0 Å². The summed E-state index contributed by atoms with van der Waals surface area (Å²) >= 11 is 0. The van der Waals surface area contributed by atoms with Gasteiger partial charge in [-0.2, -0.15) is 0 Å². The summed E-state index contributed by atoms with van der Waals surface area (Å²) in [5.74, 6) is 0.966. The minimum Gasteiger partial charge on any atom is -0.493 e. The summed E-state index contributed by atoms with van der Waals surface area (Å²) < 4.78 is 5.76. The van der Waals surface area contributed by atoms with Gasteiger partial charge in [-0.25, -0.2) is 0 Å². The number of ketones is 1. The van der Waals surface area contributed by atoms with Crippen LogP contribution in [0.3, 0.4) is 0 Å². The molecule has 1 heterocycles. The van der Waals surface area contributed by atoms with Gasteiger partial charge in [-0.15, -0.1) is 0 Å². The van der Waals surface area contributed by atoms with E-state index in [0.717, 1.165) is 46.2 Å². The highest BCUT2D eigenvalue weighted by Crippen LogP contribution is 2.39. The molecule has 0 radical (unpaired) electrons. The van der Waals surface area contributed by atoms with Crippen LogP contribution in [0.2, 0.25) is 0 Å². The second-order valence-electron chi connectivity index (χ2n) is 7.59. The van der Waals surface area contributed by atoms with Gasteiger partial charge in [0.25, 0.3) is 0 Å². The van der Waals surface area contributed by atoms with E-state index in [0.29, 0.717) is 0 Å². The van der Waals surface area contributed by atoms with Gasteiger partial charge in [0.05, 0.1) is 6.61 Å². The zero-order valence-corrected chi connectivity index (χ0v) is 14.9. The maximum absolute atomic E-state index is 13.0. The molecule has 25 heavy (non-hydrogen) atoms. The lowest BCUT2D eigenvalue weighted by molar-refractivity contribution is 0.103. The van der Waals surface area contributed by atoms with Gasteiger partial charge >= 0.3 is 0 Å². The van der Waals surface area contributed by atoms with E-state index in [2.05, 4.69) is 39.0 Å². The maximum atomic E-state index is 13.0. The van der Waals surface area contributed by atoms with Crippen molar-refractivity contribution >= 4 is 16.6 Å². The normalized spacial score (nSPS) is 15.5. The first-order chi connectivity index (χ1) is 11.9. The molecule has 0 aromatic heterocycles. The molecule has 0 unspecified atom stereocenters. The summed E-state index contributed by atoms with van der Waals surface area (Å²) in [5, 5.41) is 2.26. The molecule has 0 spiro atoms. The van der Waals surface area contributed by atoms with E-state index in [9.17, 15) is 4.79 Å². The Bertz CT molecular complexity index is 983. The molecule has 4 rings (SSSR count). The van der Waals surface area contributed by atoms with E-state index in [-0.39, 0.29) is 11.2 Å². The smallest absolute Gasteiger partial charge is 0.193 e. The Morgan fingerprint density at radius 1 is 0.920 bits per heavy atom. The number of carbonyl (C=O) groups is 1. The first-order valence-corrected chi connectivity index (χ1v) is 8.76. The fraction of sp³-hybridized carbons (Fsp3) is 0.261. The Morgan fingerprint density at radius 2 is 1.60 bits per heavy atom.